The third-order valence-electron chi connectivity index (χ3n) is 4.27. The molecular formula is C15H21ClN2O. The minimum atomic E-state index is 0.0541. The standard InChI is InChI=1S/C15H21ClN2O/c1-15(5-2-6-17-15)13-11-12(16)3-4-14(13)18-7-9-19-10-8-18/h3-4,11,17H,2,5-10H2,1H3. The molecule has 1 unspecified atom stereocenters. The normalized spacial score (nSPS) is 27.8. The smallest absolute Gasteiger partial charge is 0.0642 e. The summed E-state index contributed by atoms with van der Waals surface area (Å²) in [6.07, 6.45) is 2.40. The minimum Gasteiger partial charge on any atom is -0.378 e. The maximum absolute atomic E-state index is 6.23. The number of anilines is 1. The molecule has 2 aliphatic heterocycles. The van der Waals surface area contributed by atoms with E-state index in [1.54, 1.807) is 0 Å². The molecule has 3 rings (SSSR count). The Hall–Kier alpha value is -0.770. The molecule has 3 nitrogen and oxygen atoms in total. The Bertz CT molecular complexity index is 451. The molecule has 4 heteroatoms. The molecule has 1 N–H and O–H groups in total. The summed E-state index contributed by atoms with van der Waals surface area (Å²) in [7, 11) is 0. The Kier molecular flexibility index (Phi) is 3.70. The highest BCUT2D eigenvalue weighted by Crippen LogP contribution is 2.38. The predicted molar refractivity (Wildman–Crippen MR) is 79.1 cm³/mol. The lowest BCUT2D eigenvalue weighted by Gasteiger charge is -2.35. The fourth-order valence-corrected chi connectivity index (χ4v) is 3.33. The topological polar surface area (TPSA) is 24.5 Å². The average molecular weight is 281 g/mol. The van der Waals surface area contributed by atoms with Gasteiger partial charge >= 0.3 is 0 Å². The SMILES string of the molecule is CC1(c2cc(Cl)ccc2N2CCOCC2)CCCN1. The molecule has 2 heterocycles. The van der Waals surface area contributed by atoms with Gasteiger partial charge in [-0.15, -0.1) is 0 Å². The zero-order chi connectivity index (χ0) is 13.3. The fraction of sp³-hybridized carbons (Fsp3) is 0.600. The first kappa shape index (κ1) is 13.2. The second-order valence-corrected chi connectivity index (χ2v) is 6.06. The second kappa shape index (κ2) is 5.31. The van der Waals surface area contributed by atoms with Gasteiger partial charge < -0.3 is 15.0 Å². The number of ether oxygens (including phenoxy) is 1. The Morgan fingerprint density at radius 1 is 1.32 bits per heavy atom. The second-order valence-electron chi connectivity index (χ2n) is 5.62. The van der Waals surface area contributed by atoms with Crippen LogP contribution in [-0.2, 0) is 10.3 Å². The van der Waals surface area contributed by atoms with Crippen molar-refractivity contribution in [2.45, 2.75) is 25.3 Å². The van der Waals surface area contributed by atoms with E-state index >= 15 is 0 Å². The molecule has 0 aromatic heterocycles. The minimum absolute atomic E-state index is 0.0541. The summed E-state index contributed by atoms with van der Waals surface area (Å²) in [5, 5.41) is 4.46. The molecule has 0 amide bonds. The van der Waals surface area contributed by atoms with Crippen LogP contribution in [0.1, 0.15) is 25.3 Å². The number of hydrogen-bond acceptors (Lipinski definition) is 3. The molecule has 1 atom stereocenters. The first-order valence-corrected chi connectivity index (χ1v) is 7.45. The van der Waals surface area contributed by atoms with Crippen LogP contribution in [0.5, 0.6) is 0 Å². The van der Waals surface area contributed by atoms with Crippen molar-refractivity contribution < 1.29 is 4.74 Å². The molecular weight excluding hydrogens is 260 g/mol. The van der Waals surface area contributed by atoms with Crippen molar-refractivity contribution in [3.63, 3.8) is 0 Å². The molecule has 19 heavy (non-hydrogen) atoms. The van der Waals surface area contributed by atoms with Gasteiger partial charge in [-0.2, -0.15) is 0 Å². The van der Waals surface area contributed by atoms with Crippen LogP contribution in [0, 0.1) is 0 Å². The van der Waals surface area contributed by atoms with E-state index in [0.29, 0.717) is 0 Å². The van der Waals surface area contributed by atoms with Crippen LogP contribution < -0.4 is 10.2 Å². The molecule has 0 bridgehead atoms. The Morgan fingerprint density at radius 2 is 2.11 bits per heavy atom. The van der Waals surface area contributed by atoms with Crippen molar-refractivity contribution in [3.8, 4) is 0 Å². The highest BCUT2D eigenvalue weighted by atomic mass is 35.5. The van der Waals surface area contributed by atoms with Crippen molar-refractivity contribution in [2.24, 2.45) is 0 Å². The molecule has 2 aliphatic rings. The number of nitrogens with zero attached hydrogens (tertiary/aromatic N) is 1. The molecule has 0 aliphatic carbocycles. The number of benzene rings is 1. The van der Waals surface area contributed by atoms with Gasteiger partial charge in [0.2, 0.25) is 0 Å². The Labute approximate surface area is 119 Å². The van der Waals surface area contributed by atoms with Crippen molar-refractivity contribution in [3.05, 3.63) is 28.8 Å². The zero-order valence-electron chi connectivity index (χ0n) is 11.4. The zero-order valence-corrected chi connectivity index (χ0v) is 12.2. The Balaban J connectivity index is 1.98. The maximum atomic E-state index is 6.23. The third-order valence-corrected chi connectivity index (χ3v) is 4.51. The van der Waals surface area contributed by atoms with Gasteiger partial charge in [-0.05, 0) is 50.1 Å². The van der Waals surface area contributed by atoms with Crippen LogP contribution in [-0.4, -0.2) is 32.8 Å². The average Bonchev–Trinajstić information content (AvgIpc) is 2.88. The van der Waals surface area contributed by atoms with E-state index in [0.717, 1.165) is 37.9 Å². The molecule has 0 saturated carbocycles. The van der Waals surface area contributed by atoms with E-state index < -0.39 is 0 Å². The predicted octanol–water partition coefficient (Wildman–Crippen LogP) is 2.78. The van der Waals surface area contributed by atoms with Crippen LogP contribution in [0.25, 0.3) is 0 Å². The van der Waals surface area contributed by atoms with E-state index in [-0.39, 0.29) is 5.54 Å². The van der Waals surface area contributed by atoms with Gasteiger partial charge in [-0.1, -0.05) is 11.6 Å². The van der Waals surface area contributed by atoms with Gasteiger partial charge in [0.05, 0.1) is 13.2 Å². The van der Waals surface area contributed by atoms with E-state index in [4.69, 9.17) is 16.3 Å². The lowest BCUT2D eigenvalue weighted by molar-refractivity contribution is 0.122. The summed E-state index contributed by atoms with van der Waals surface area (Å²) < 4.78 is 5.45. The van der Waals surface area contributed by atoms with E-state index in [9.17, 15) is 0 Å². The highest BCUT2D eigenvalue weighted by Gasteiger charge is 2.33. The monoisotopic (exact) mass is 280 g/mol. The number of halogens is 1. The van der Waals surface area contributed by atoms with E-state index in [1.807, 2.05) is 6.07 Å². The quantitative estimate of drug-likeness (QED) is 0.902. The molecule has 2 fully saturated rings. The molecule has 1 aromatic carbocycles. The van der Waals surface area contributed by atoms with E-state index in [1.165, 1.54) is 24.1 Å². The number of rotatable bonds is 2. The van der Waals surface area contributed by atoms with Gasteiger partial charge in [-0.25, -0.2) is 0 Å². The van der Waals surface area contributed by atoms with Crippen molar-refractivity contribution in [1.29, 1.82) is 0 Å². The lowest BCUT2D eigenvalue weighted by atomic mass is 9.88. The number of hydrogen-bond donors (Lipinski definition) is 1. The number of morpholine rings is 1. The van der Waals surface area contributed by atoms with E-state index in [2.05, 4.69) is 29.3 Å². The fourth-order valence-electron chi connectivity index (χ4n) is 3.15. The molecule has 0 radical (unpaired) electrons. The molecule has 0 spiro atoms. The van der Waals surface area contributed by atoms with Crippen molar-refractivity contribution in [2.75, 3.05) is 37.7 Å². The van der Waals surface area contributed by atoms with Crippen LogP contribution >= 0.6 is 11.6 Å². The van der Waals surface area contributed by atoms with Gasteiger partial charge in [0.25, 0.3) is 0 Å². The van der Waals surface area contributed by atoms with Gasteiger partial charge in [0, 0.05) is 29.3 Å². The summed E-state index contributed by atoms with van der Waals surface area (Å²) >= 11 is 6.23. The Morgan fingerprint density at radius 3 is 2.79 bits per heavy atom. The first-order valence-electron chi connectivity index (χ1n) is 7.07. The van der Waals surface area contributed by atoms with Crippen LogP contribution in [0.15, 0.2) is 18.2 Å². The highest BCUT2D eigenvalue weighted by molar-refractivity contribution is 6.30. The van der Waals surface area contributed by atoms with Gasteiger partial charge in [-0.3, -0.25) is 0 Å². The largest absolute Gasteiger partial charge is 0.378 e. The van der Waals surface area contributed by atoms with Gasteiger partial charge in [0.15, 0.2) is 0 Å². The molecule has 2 saturated heterocycles. The lowest BCUT2D eigenvalue weighted by Crippen LogP contribution is -2.40. The van der Waals surface area contributed by atoms with Gasteiger partial charge in [0.1, 0.15) is 0 Å². The van der Waals surface area contributed by atoms with Crippen LogP contribution in [0.4, 0.5) is 5.69 Å². The van der Waals surface area contributed by atoms with Crippen molar-refractivity contribution in [1.82, 2.24) is 5.32 Å². The summed E-state index contributed by atoms with van der Waals surface area (Å²) in [6.45, 7) is 6.93. The summed E-state index contributed by atoms with van der Waals surface area (Å²) in [5.74, 6) is 0. The van der Waals surface area contributed by atoms with Crippen LogP contribution in [0.2, 0.25) is 5.02 Å². The number of nitrogens with one attached hydrogen (secondary N) is 1. The molecule has 104 valence electrons. The summed E-state index contributed by atoms with van der Waals surface area (Å²) in [6, 6.07) is 6.28. The summed E-state index contributed by atoms with van der Waals surface area (Å²) in [4.78, 5) is 2.42. The van der Waals surface area contributed by atoms with Crippen molar-refractivity contribution >= 4 is 17.3 Å². The third kappa shape index (κ3) is 2.60. The first-order chi connectivity index (χ1) is 9.19. The molecule has 1 aromatic rings. The maximum Gasteiger partial charge on any atom is 0.0642 e. The summed E-state index contributed by atoms with van der Waals surface area (Å²) in [5.41, 5.74) is 2.70. The van der Waals surface area contributed by atoms with Crippen LogP contribution in [0.3, 0.4) is 0 Å².